The number of nitrogens with zero attached hydrogens (tertiary/aromatic N) is 5. The van der Waals surface area contributed by atoms with Crippen molar-refractivity contribution in [3.63, 3.8) is 0 Å². The topological polar surface area (TPSA) is 75.4 Å². The number of nitrogens with one attached hydrogen (secondary N) is 1. The van der Waals surface area contributed by atoms with Crippen LogP contribution in [0.2, 0.25) is 0 Å². The molecule has 0 aliphatic heterocycles. The second-order valence-electron chi connectivity index (χ2n) is 6.79. The van der Waals surface area contributed by atoms with E-state index < -0.39 is 0 Å². The third-order valence-corrected chi connectivity index (χ3v) is 5.80. The lowest BCUT2D eigenvalue weighted by molar-refractivity contribution is -0.116. The summed E-state index contributed by atoms with van der Waals surface area (Å²) >= 11 is 1.51. The van der Waals surface area contributed by atoms with Gasteiger partial charge in [0.15, 0.2) is 5.82 Å². The zero-order valence-electron chi connectivity index (χ0n) is 15.7. The molecular weight excluding hydrogens is 360 g/mol. The first-order valence-corrected chi connectivity index (χ1v) is 10.4. The molecule has 1 aromatic carbocycles. The molecule has 0 radical (unpaired) electrons. The van der Waals surface area contributed by atoms with Gasteiger partial charge in [-0.05, 0) is 51.0 Å². The highest BCUT2D eigenvalue weighted by molar-refractivity contribution is 7.16. The Hall–Kier alpha value is -2.48. The van der Waals surface area contributed by atoms with Gasteiger partial charge in [0.25, 0.3) is 0 Å². The van der Waals surface area contributed by atoms with E-state index in [1.165, 1.54) is 29.9 Å². The van der Waals surface area contributed by atoms with Crippen molar-refractivity contribution in [2.45, 2.75) is 45.4 Å². The van der Waals surface area contributed by atoms with Gasteiger partial charge in [-0.1, -0.05) is 11.3 Å². The molecule has 7 nitrogen and oxygen atoms in total. The summed E-state index contributed by atoms with van der Waals surface area (Å²) in [6.45, 7) is 6.21. The molecule has 2 aromatic heterocycles. The summed E-state index contributed by atoms with van der Waals surface area (Å²) in [6, 6.07) is 8.00. The van der Waals surface area contributed by atoms with Crippen molar-refractivity contribution < 1.29 is 4.79 Å². The molecule has 0 saturated heterocycles. The van der Waals surface area contributed by atoms with Crippen LogP contribution in [-0.4, -0.2) is 38.8 Å². The first-order valence-electron chi connectivity index (χ1n) is 9.53. The smallest absolute Gasteiger partial charge is 0.234 e. The minimum absolute atomic E-state index is 0.000953. The van der Waals surface area contributed by atoms with Crippen molar-refractivity contribution in [1.29, 1.82) is 0 Å². The fourth-order valence-electron chi connectivity index (χ4n) is 3.16. The highest BCUT2D eigenvalue weighted by Gasteiger charge is 2.30. The number of rotatable bonds is 8. The minimum Gasteiger partial charge on any atom is -0.372 e. The molecule has 0 unspecified atom stereocenters. The molecule has 0 bridgehead atoms. The Morgan fingerprint density at radius 1 is 1.22 bits per heavy atom. The molecule has 1 saturated carbocycles. The molecule has 2 heterocycles. The Labute approximate surface area is 162 Å². The summed E-state index contributed by atoms with van der Waals surface area (Å²) in [7, 11) is 0. The number of amides is 1. The van der Waals surface area contributed by atoms with Crippen molar-refractivity contribution in [3.8, 4) is 0 Å². The van der Waals surface area contributed by atoms with Gasteiger partial charge in [-0.25, -0.2) is 0 Å². The van der Waals surface area contributed by atoms with Crippen molar-refractivity contribution in [2.75, 3.05) is 23.3 Å². The molecule has 1 aliphatic rings. The minimum atomic E-state index is -0.000953. The lowest BCUT2D eigenvalue weighted by Crippen LogP contribution is -2.21. The lowest BCUT2D eigenvalue weighted by Gasteiger charge is -2.21. The van der Waals surface area contributed by atoms with Gasteiger partial charge in [0.2, 0.25) is 10.9 Å². The van der Waals surface area contributed by atoms with Gasteiger partial charge >= 0.3 is 0 Å². The van der Waals surface area contributed by atoms with Gasteiger partial charge in [0, 0.05) is 43.2 Å². The van der Waals surface area contributed by atoms with Crippen LogP contribution in [0.5, 0.6) is 0 Å². The third-order valence-electron chi connectivity index (χ3n) is 4.84. The zero-order valence-corrected chi connectivity index (χ0v) is 16.5. The van der Waals surface area contributed by atoms with Crippen LogP contribution in [-0.2, 0) is 11.2 Å². The molecule has 27 heavy (non-hydrogen) atoms. The van der Waals surface area contributed by atoms with E-state index in [4.69, 9.17) is 0 Å². The molecule has 0 atom stereocenters. The molecule has 1 aliphatic carbocycles. The van der Waals surface area contributed by atoms with E-state index >= 15 is 0 Å². The Balaban J connectivity index is 1.33. The molecule has 1 amide bonds. The van der Waals surface area contributed by atoms with Crippen molar-refractivity contribution >= 4 is 33.6 Å². The molecule has 8 heteroatoms. The Kier molecular flexibility index (Phi) is 5.07. The lowest BCUT2D eigenvalue weighted by atomic mass is 10.2. The van der Waals surface area contributed by atoms with Crippen LogP contribution in [0.4, 0.5) is 11.4 Å². The van der Waals surface area contributed by atoms with Crippen LogP contribution < -0.4 is 10.2 Å². The maximum Gasteiger partial charge on any atom is 0.234 e. The predicted octanol–water partition coefficient (Wildman–Crippen LogP) is 3.48. The molecule has 3 aromatic rings. The maximum atomic E-state index is 12.3. The van der Waals surface area contributed by atoms with E-state index in [0.717, 1.165) is 34.6 Å². The largest absolute Gasteiger partial charge is 0.372 e. The van der Waals surface area contributed by atoms with E-state index in [2.05, 4.69) is 39.4 Å². The second kappa shape index (κ2) is 7.64. The van der Waals surface area contributed by atoms with Gasteiger partial charge in [-0.2, -0.15) is 9.61 Å². The Morgan fingerprint density at radius 2 is 1.96 bits per heavy atom. The van der Waals surface area contributed by atoms with Crippen LogP contribution in [0.1, 0.15) is 49.9 Å². The van der Waals surface area contributed by atoms with Crippen molar-refractivity contribution in [2.24, 2.45) is 0 Å². The van der Waals surface area contributed by atoms with E-state index in [-0.39, 0.29) is 5.91 Å². The quantitative estimate of drug-likeness (QED) is 0.643. The Morgan fingerprint density at radius 3 is 2.63 bits per heavy atom. The fourth-order valence-corrected chi connectivity index (χ4v) is 4.00. The average Bonchev–Trinajstić information content (AvgIpc) is 3.31. The molecule has 0 spiro atoms. The number of benzene rings is 1. The molecular formula is C19H24N6OS. The molecule has 1 fully saturated rings. The van der Waals surface area contributed by atoms with E-state index in [9.17, 15) is 4.79 Å². The number of hydrogen-bond acceptors (Lipinski definition) is 6. The van der Waals surface area contributed by atoms with Gasteiger partial charge in [-0.3, -0.25) is 4.79 Å². The molecule has 1 N–H and O–H groups in total. The van der Waals surface area contributed by atoms with Crippen LogP contribution in [0.3, 0.4) is 0 Å². The number of carbonyl (C=O) groups is 1. The van der Waals surface area contributed by atoms with Gasteiger partial charge < -0.3 is 10.2 Å². The Bertz CT molecular complexity index is 923. The fraction of sp³-hybridized carbons (Fsp3) is 0.474. The van der Waals surface area contributed by atoms with Crippen molar-refractivity contribution in [3.05, 3.63) is 35.1 Å². The summed E-state index contributed by atoms with van der Waals surface area (Å²) in [5.41, 5.74) is 1.99. The number of aryl methyl sites for hydroxylation is 1. The van der Waals surface area contributed by atoms with Crippen LogP contribution in [0.25, 0.3) is 4.96 Å². The first-order chi connectivity index (χ1) is 13.2. The highest BCUT2D eigenvalue weighted by atomic mass is 32.1. The molecule has 4 rings (SSSR count). The summed E-state index contributed by atoms with van der Waals surface area (Å²) in [5.74, 6) is 1.47. The SMILES string of the molecule is CCN(CC)c1ccc(NC(=O)CCc2nn3c(C4CC4)nnc3s2)cc1. The normalized spacial score (nSPS) is 13.9. The average molecular weight is 385 g/mol. The monoisotopic (exact) mass is 384 g/mol. The van der Waals surface area contributed by atoms with E-state index in [0.29, 0.717) is 18.8 Å². The van der Waals surface area contributed by atoms with Crippen molar-refractivity contribution in [1.82, 2.24) is 19.8 Å². The van der Waals surface area contributed by atoms with Crippen LogP contribution in [0.15, 0.2) is 24.3 Å². The van der Waals surface area contributed by atoms with Crippen LogP contribution in [0, 0.1) is 0 Å². The molecule has 142 valence electrons. The second-order valence-corrected chi connectivity index (χ2v) is 7.83. The van der Waals surface area contributed by atoms with Crippen LogP contribution >= 0.6 is 11.3 Å². The summed E-state index contributed by atoms with van der Waals surface area (Å²) in [5, 5.41) is 16.9. The number of fused-ring (bicyclic) bond motifs is 1. The van der Waals surface area contributed by atoms with Gasteiger partial charge in [0.05, 0.1) is 0 Å². The zero-order chi connectivity index (χ0) is 18.8. The number of hydrogen-bond donors (Lipinski definition) is 1. The summed E-state index contributed by atoms with van der Waals surface area (Å²) < 4.78 is 1.85. The van der Waals surface area contributed by atoms with E-state index in [1.54, 1.807) is 0 Å². The summed E-state index contributed by atoms with van der Waals surface area (Å²) in [6.07, 6.45) is 3.36. The standard InChI is InChI=1S/C19H24N6OS/c1-3-24(4-2)15-9-7-14(8-10-15)20-16(26)11-12-17-23-25-18(13-5-6-13)21-22-19(25)27-17/h7-10,13H,3-6,11-12H2,1-2H3,(H,20,26). The predicted molar refractivity (Wildman–Crippen MR) is 108 cm³/mol. The number of aromatic nitrogens is 4. The van der Waals surface area contributed by atoms with Gasteiger partial charge in [0.1, 0.15) is 5.01 Å². The summed E-state index contributed by atoms with van der Waals surface area (Å²) in [4.78, 5) is 15.4. The first kappa shape index (κ1) is 17.9. The number of carbonyl (C=O) groups excluding carboxylic acids is 1. The maximum absolute atomic E-state index is 12.3. The highest BCUT2D eigenvalue weighted by Crippen LogP contribution is 2.39. The number of anilines is 2. The van der Waals surface area contributed by atoms with Gasteiger partial charge in [-0.15, -0.1) is 10.2 Å². The van der Waals surface area contributed by atoms with E-state index in [1.807, 2.05) is 28.8 Å². The third kappa shape index (κ3) is 3.95.